The van der Waals surface area contributed by atoms with Crippen LogP contribution in [-0.4, -0.2) is 43.3 Å². The summed E-state index contributed by atoms with van der Waals surface area (Å²) in [5, 5.41) is 10.00. The van der Waals surface area contributed by atoms with Gasteiger partial charge in [0.05, 0.1) is 5.41 Å². The van der Waals surface area contributed by atoms with Crippen molar-refractivity contribution < 1.29 is 27.5 Å². The number of hydrogen-bond donors (Lipinski definition) is 3. The fraction of sp³-hybridized carbons (Fsp3) is 0.440. The third kappa shape index (κ3) is 6.63. The first kappa shape index (κ1) is 26.6. The number of halogens is 5. The van der Waals surface area contributed by atoms with Crippen LogP contribution >= 0.6 is 23.2 Å². The molecule has 11 heteroatoms. The molecule has 2 aromatic carbocycles. The van der Waals surface area contributed by atoms with Crippen LogP contribution in [0, 0.1) is 0 Å². The predicted molar refractivity (Wildman–Crippen MR) is 130 cm³/mol. The number of nitrogens with one attached hydrogen (secondary N) is 3. The molecule has 0 unspecified atom stereocenters. The van der Waals surface area contributed by atoms with Gasteiger partial charge in [0.1, 0.15) is 11.8 Å². The van der Waals surface area contributed by atoms with Crippen molar-refractivity contribution in [1.82, 2.24) is 16.0 Å². The summed E-state index contributed by atoms with van der Waals surface area (Å²) in [6.07, 6.45) is -2.04. The Morgan fingerprint density at radius 1 is 1.08 bits per heavy atom. The van der Waals surface area contributed by atoms with Crippen LogP contribution in [-0.2, 0) is 21.4 Å². The van der Waals surface area contributed by atoms with Crippen LogP contribution < -0.4 is 20.7 Å². The highest BCUT2D eigenvalue weighted by Crippen LogP contribution is 2.49. The van der Waals surface area contributed by atoms with Gasteiger partial charge in [-0.2, -0.15) is 0 Å². The Kier molecular flexibility index (Phi) is 8.02. The number of carbonyl (C=O) groups excluding carboxylic acids is 2. The number of amides is 2. The van der Waals surface area contributed by atoms with E-state index in [0.29, 0.717) is 34.0 Å². The summed E-state index contributed by atoms with van der Waals surface area (Å²) in [7, 11) is 0. The number of piperidine rings is 1. The second kappa shape index (κ2) is 10.9. The normalized spacial score (nSPS) is 18.2. The summed E-state index contributed by atoms with van der Waals surface area (Å²) in [5.41, 5.74) is 0.315. The van der Waals surface area contributed by atoms with Gasteiger partial charge < -0.3 is 20.7 Å². The lowest BCUT2D eigenvalue weighted by Crippen LogP contribution is -2.54. The van der Waals surface area contributed by atoms with E-state index in [1.807, 2.05) is 0 Å². The van der Waals surface area contributed by atoms with Crippen molar-refractivity contribution in [2.24, 2.45) is 0 Å². The molecule has 0 spiro atoms. The van der Waals surface area contributed by atoms with Gasteiger partial charge in [-0.1, -0.05) is 41.4 Å². The zero-order valence-corrected chi connectivity index (χ0v) is 20.8. The topological polar surface area (TPSA) is 79.5 Å². The third-order valence-electron chi connectivity index (χ3n) is 6.57. The molecule has 1 heterocycles. The van der Waals surface area contributed by atoms with Gasteiger partial charge in [0.25, 0.3) is 0 Å². The van der Waals surface area contributed by atoms with E-state index in [9.17, 15) is 22.8 Å². The smallest absolute Gasteiger partial charge is 0.406 e. The highest BCUT2D eigenvalue weighted by atomic mass is 35.5. The van der Waals surface area contributed by atoms with Crippen LogP contribution in [0.15, 0.2) is 42.5 Å². The Morgan fingerprint density at radius 2 is 1.75 bits per heavy atom. The minimum Gasteiger partial charge on any atom is -0.406 e. The summed E-state index contributed by atoms with van der Waals surface area (Å²) in [4.78, 5) is 26.7. The number of hydrogen-bond acceptors (Lipinski definition) is 4. The van der Waals surface area contributed by atoms with Crippen LogP contribution in [0.3, 0.4) is 0 Å². The molecule has 0 bridgehead atoms. The van der Waals surface area contributed by atoms with Crippen molar-refractivity contribution in [3.05, 3.63) is 63.6 Å². The first-order valence-electron chi connectivity index (χ1n) is 11.7. The minimum absolute atomic E-state index is 0.00472. The van der Waals surface area contributed by atoms with Gasteiger partial charge in [0.15, 0.2) is 0 Å². The molecule has 1 saturated carbocycles. The minimum atomic E-state index is -4.80. The molecule has 3 N–H and O–H groups in total. The van der Waals surface area contributed by atoms with Crippen molar-refractivity contribution in [1.29, 1.82) is 0 Å². The fourth-order valence-electron chi connectivity index (χ4n) is 4.43. The molecule has 2 fully saturated rings. The molecule has 6 nitrogen and oxygen atoms in total. The van der Waals surface area contributed by atoms with Crippen molar-refractivity contribution in [3.63, 3.8) is 0 Å². The maximum atomic E-state index is 13.4. The van der Waals surface area contributed by atoms with Crippen molar-refractivity contribution in [2.75, 3.05) is 13.1 Å². The maximum Gasteiger partial charge on any atom is 0.573 e. The summed E-state index contributed by atoms with van der Waals surface area (Å²) in [6, 6.07) is 9.34. The van der Waals surface area contributed by atoms with E-state index in [1.54, 1.807) is 18.2 Å². The van der Waals surface area contributed by atoms with E-state index >= 15 is 0 Å². The van der Waals surface area contributed by atoms with E-state index < -0.39 is 17.8 Å². The molecule has 1 atom stereocenters. The van der Waals surface area contributed by atoms with Gasteiger partial charge in [-0.05, 0) is 74.2 Å². The Balaban J connectivity index is 1.51. The summed E-state index contributed by atoms with van der Waals surface area (Å²) in [6.45, 7) is 1.59. The Labute approximate surface area is 216 Å². The molecule has 1 saturated heterocycles. The summed E-state index contributed by atoms with van der Waals surface area (Å²) >= 11 is 12.3. The average Bonchev–Trinajstić information content (AvgIpc) is 3.62. The SMILES string of the molecule is O=C(NC1CCNCC1)[C@H](Cc1ccc(Cl)cc1Cl)NC(=O)C1(c2ccc(OC(F)(F)F)cc2)CC1. The number of benzene rings is 2. The van der Waals surface area contributed by atoms with E-state index in [0.717, 1.165) is 25.9 Å². The van der Waals surface area contributed by atoms with E-state index in [1.165, 1.54) is 24.3 Å². The summed E-state index contributed by atoms with van der Waals surface area (Å²) in [5.74, 6) is -1.03. The lowest BCUT2D eigenvalue weighted by molar-refractivity contribution is -0.274. The number of carbonyl (C=O) groups is 2. The Hall–Kier alpha value is -2.49. The molecule has 2 aliphatic rings. The lowest BCUT2D eigenvalue weighted by Gasteiger charge is -2.28. The fourth-order valence-corrected chi connectivity index (χ4v) is 4.91. The van der Waals surface area contributed by atoms with Gasteiger partial charge in [0, 0.05) is 22.5 Å². The molecule has 4 rings (SSSR count). The molecule has 194 valence electrons. The van der Waals surface area contributed by atoms with Gasteiger partial charge in [-0.25, -0.2) is 0 Å². The number of ether oxygens (including phenoxy) is 1. The molecule has 0 aromatic heterocycles. The van der Waals surface area contributed by atoms with Gasteiger partial charge in [-0.3, -0.25) is 9.59 Å². The highest BCUT2D eigenvalue weighted by molar-refractivity contribution is 6.35. The molecule has 2 amide bonds. The molecule has 1 aliphatic heterocycles. The summed E-state index contributed by atoms with van der Waals surface area (Å²) < 4.78 is 41.4. The highest BCUT2D eigenvalue weighted by Gasteiger charge is 2.52. The average molecular weight is 544 g/mol. The van der Waals surface area contributed by atoms with E-state index in [4.69, 9.17) is 23.2 Å². The van der Waals surface area contributed by atoms with Gasteiger partial charge >= 0.3 is 6.36 Å². The largest absolute Gasteiger partial charge is 0.573 e. The molecule has 0 radical (unpaired) electrons. The second-order valence-electron chi connectivity index (χ2n) is 9.15. The van der Waals surface area contributed by atoms with Crippen LogP contribution in [0.2, 0.25) is 10.0 Å². The quantitative estimate of drug-likeness (QED) is 0.457. The Bertz CT molecular complexity index is 1100. The van der Waals surface area contributed by atoms with Crippen LogP contribution in [0.1, 0.15) is 36.8 Å². The molecule has 2 aromatic rings. The zero-order chi connectivity index (χ0) is 25.9. The second-order valence-corrected chi connectivity index (χ2v) is 10.00. The van der Waals surface area contributed by atoms with Crippen LogP contribution in [0.4, 0.5) is 13.2 Å². The first-order chi connectivity index (χ1) is 17.1. The monoisotopic (exact) mass is 543 g/mol. The standard InChI is InChI=1S/C25H26Cl2F3N3O3/c26-17-4-1-15(20(27)14-17)13-21(22(34)32-18-7-11-31-12-8-18)33-23(35)24(9-10-24)16-2-5-19(6-3-16)36-25(28,29)30/h1-6,14,18,21,31H,7-13H2,(H,32,34)(H,33,35)/t21-/m0/s1. The zero-order valence-electron chi connectivity index (χ0n) is 19.3. The van der Waals surface area contributed by atoms with Crippen molar-refractivity contribution >= 4 is 35.0 Å². The molecule has 36 heavy (non-hydrogen) atoms. The molecular weight excluding hydrogens is 518 g/mol. The van der Waals surface area contributed by atoms with Gasteiger partial charge in [0.2, 0.25) is 11.8 Å². The maximum absolute atomic E-state index is 13.4. The van der Waals surface area contributed by atoms with E-state index in [2.05, 4.69) is 20.7 Å². The number of rotatable bonds is 8. The molecular formula is C25H26Cl2F3N3O3. The van der Waals surface area contributed by atoms with Crippen molar-refractivity contribution in [3.8, 4) is 5.75 Å². The molecule has 1 aliphatic carbocycles. The predicted octanol–water partition coefficient (Wildman–Crippen LogP) is 4.52. The van der Waals surface area contributed by atoms with Gasteiger partial charge in [-0.15, -0.1) is 13.2 Å². The Morgan fingerprint density at radius 3 is 2.33 bits per heavy atom. The lowest BCUT2D eigenvalue weighted by atomic mass is 9.93. The van der Waals surface area contributed by atoms with Crippen LogP contribution in [0.25, 0.3) is 0 Å². The van der Waals surface area contributed by atoms with Crippen LogP contribution in [0.5, 0.6) is 5.75 Å². The third-order valence-corrected chi connectivity index (χ3v) is 7.16. The van der Waals surface area contributed by atoms with E-state index in [-0.39, 0.29) is 30.0 Å². The number of alkyl halides is 3. The van der Waals surface area contributed by atoms with Crippen molar-refractivity contribution in [2.45, 2.75) is 56.0 Å². The first-order valence-corrected chi connectivity index (χ1v) is 12.4.